The smallest absolute Gasteiger partial charge is 0.0809 e. The third kappa shape index (κ3) is 3.70. The second kappa shape index (κ2) is 5.52. The summed E-state index contributed by atoms with van der Waals surface area (Å²) in [6, 6.07) is 0. The summed E-state index contributed by atoms with van der Waals surface area (Å²) in [4.78, 5) is 0. The first-order chi connectivity index (χ1) is 5.43. The van der Waals surface area contributed by atoms with Gasteiger partial charge in [0.05, 0.1) is 12.7 Å². The molecule has 1 aliphatic heterocycles. The average Bonchev–Trinajstić information content (AvgIpc) is 2.50. The molecule has 1 N–H and O–H groups in total. The Balaban J connectivity index is 1.86. The van der Waals surface area contributed by atoms with Gasteiger partial charge in [-0.3, -0.25) is 0 Å². The van der Waals surface area contributed by atoms with E-state index in [1.54, 1.807) is 0 Å². The molecule has 1 atom stereocenters. The number of ether oxygens (including phenoxy) is 2. The fourth-order valence-electron chi connectivity index (χ4n) is 1.16. The van der Waals surface area contributed by atoms with Crippen molar-refractivity contribution in [2.75, 3.05) is 26.4 Å². The molecule has 1 fully saturated rings. The van der Waals surface area contributed by atoms with Crippen LogP contribution in [0.5, 0.6) is 0 Å². The lowest BCUT2D eigenvalue weighted by atomic mass is 10.2. The minimum Gasteiger partial charge on any atom is -0.396 e. The Bertz CT molecular complexity index is 89.3. The quantitative estimate of drug-likeness (QED) is 0.597. The highest BCUT2D eigenvalue weighted by molar-refractivity contribution is 4.63. The van der Waals surface area contributed by atoms with Crippen LogP contribution in [0.1, 0.15) is 19.3 Å². The molecule has 0 bridgehead atoms. The zero-order chi connectivity index (χ0) is 7.94. The molecule has 1 saturated heterocycles. The molecule has 3 nitrogen and oxygen atoms in total. The van der Waals surface area contributed by atoms with Crippen molar-refractivity contribution in [3.8, 4) is 0 Å². The maximum atomic E-state index is 8.45. The molecule has 11 heavy (non-hydrogen) atoms. The van der Waals surface area contributed by atoms with Crippen molar-refractivity contribution in [2.45, 2.75) is 25.4 Å². The Morgan fingerprint density at radius 3 is 3.09 bits per heavy atom. The van der Waals surface area contributed by atoms with Crippen molar-refractivity contribution in [3.05, 3.63) is 0 Å². The van der Waals surface area contributed by atoms with Gasteiger partial charge in [0.1, 0.15) is 0 Å². The molecule has 0 aromatic heterocycles. The Morgan fingerprint density at radius 1 is 1.55 bits per heavy atom. The van der Waals surface area contributed by atoms with Gasteiger partial charge in [-0.05, 0) is 19.3 Å². The van der Waals surface area contributed by atoms with Gasteiger partial charge in [-0.2, -0.15) is 0 Å². The van der Waals surface area contributed by atoms with Crippen molar-refractivity contribution < 1.29 is 14.6 Å². The highest BCUT2D eigenvalue weighted by atomic mass is 16.5. The molecular weight excluding hydrogens is 144 g/mol. The van der Waals surface area contributed by atoms with Crippen LogP contribution in [-0.2, 0) is 9.47 Å². The Kier molecular flexibility index (Phi) is 4.50. The summed E-state index contributed by atoms with van der Waals surface area (Å²) in [6.45, 7) is 2.44. The standard InChI is InChI=1S/C8H16O3/c9-4-2-5-10-7-8-3-1-6-11-8/h8-9H,1-7H2. The second-order valence-electron chi connectivity index (χ2n) is 2.79. The van der Waals surface area contributed by atoms with Gasteiger partial charge < -0.3 is 14.6 Å². The molecule has 0 amide bonds. The maximum absolute atomic E-state index is 8.45. The second-order valence-corrected chi connectivity index (χ2v) is 2.79. The topological polar surface area (TPSA) is 38.7 Å². The largest absolute Gasteiger partial charge is 0.396 e. The molecule has 1 rings (SSSR count). The van der Waals surface area contributed by atoms with E-state index in [4.69, 9.17) is 14.6 Å². The lowest BCUT2D eigenvalue weighted by Crippen LogP contribution is -2.14. The van der Waals surface area contributed by atoms with Crippen LogP contribution < -0.4 is 0 Å². The lowest BCUT2D eigenvalue weighted by Gasteiger charge is -2.08. The van der Waals surface area contributed by atoms with Crippen molar-refractivity contribution >= 4 is 0 Å². The lowest BCUT2D eigenvalue weighted by molar-refractivity contribution is 0.0134. The predicted octanol–water partition coefficient (Wildman–Crippen LogP) is 0.564. The monoisotopic (exact) mass is 160 g/mol. The fraction of sp³-hybridized carbons (Fsp3) is 1.00. The first-order valence-electron chi connectivity index (χ1n) is 4.23. The van der Waals surface area contributed by atoms with E-state index in [1.165, 1.54) is 0 Å². The van der Waals surface area contributed by atoms with E-state index in [2.05, 4.69) is 0 Å². The van der Waals surface area contributed by atoms with Crippen LogP contribution in [0.3, 0.4) is 0 Å². The maximum Gasteiger partial charge on any atom is 0.0809 e. The highest BCUT2D eigenvalue weighted by Gasteiger charge is 2.14. The van der Waals surface area contributed by atoms with E-state index < -0.39 is 0 Å². The van der Waals surface area contributed by atoms with Crippen molar-refractivity contribution in [1.82, 2.24) is 0 Å². The third-order valence-electron chi connectivity index (χ3n) is 1.77. The first-order valence-corrected chi connectivity index (χ1v) is 4.23. The summed E-state index contributed by atoms with van der Waals surface area (Å²) in [5, 5.41) is 8.45. The Morgan fingerprint density at radius 2 is 2.45 bits per heavy atom. The molecule has 66 valence electrons. The molecular formula is C8H16O3. The summed E-state index contributed by atoms with van der Waals surface area (Å²) in [5.74, 6) is 0. The van der Waals surface area contributed by atoms with Crippen LogP contribution in [0.15, 0.2) is 0 Å². The van der Waals surface area contributed by atoms with E-state index in [1.807, 2.05) is 0 Å². The normalized spacial score (nSPS) is 24.3. The van der Waals surface area contributed by atoms with Crippen molar-refractivity contribution in [1.29, 1.82) is 0 Å². The molecule has 0 spiro atoms. The van der Waals surface area contributed by atoms with E-state index in [0.717, 1.165) is 25.9 Å². The van der Waals surface area contributed by atoms with Gasteiger partial charge in [-0.25, -0.2) is 0 Å². The van der Waals surface area contributed by atoms with Gasteiger partial charge in [-0.15, -0.1) is 0 Å². The zero-order valence-electron chi connectivity index (χ0n) is 6.79. The number of aliphatic hydroxyl groups excluding tert-OH is 1. The van der Waals surface area contributed by atoms with Gasteiger partial charge in [0, 0.05) is 19.8 Å². The summed E-state index contributed by atoms with van der Waals surface area (Å²) >= 11 is 0. The molecule has 0 radical (unpaired) electrons. The van der Waals surface area contributed by atoms with E-state index in [0.29, 0.717) is 19.3 Å². The molecule has 0 saturated carbocycles. The van der Waals surface area contributed by atoms with Gasteiger partial charge in [0.15, 0.2) is 0 Å². The Labute approximate surface area is 67.3 Å². The van der Waals surface area contributed by atoms with Crippen molar-refractivity contribution in [2.24, 2.45) is 0 Å². The average molecular weight is 160 g/mol. The first kappa shape index (κ1) is 8.97. The van der Waals surface area contributed by atoms with Gasteiger partial charge in [0.25, 0.3) is 0 Å². The number of rotatable bonds is 5. The van der Waals surface area contributed by atoms with Crippen LogP contribution in [0.25, 0.3) is 0 Å². The van der Waals surface area contributed by atoms with Crippen molar-refractivity contribution in [3.63, 3.8) is 0 Å². The van der Waals surface area contributed by atoms with E-state index in [-0.39, 0.29) is 6.61 Å². The van der Waals surface area contributed by atoms with Gasteiger partial charge in [0.2, 0.25) is 0 Å². The number of aliphatic hydroxyl groups is 1. The van der Waals surface area contributed by atoms with E-state index in [9.17, 15) is 0 Å². The third-order valence-corrected chi connectivity index (χ3v) is 1.77. The SMILES string of the molecule is OCCCOCC1CCCO1. The summed E-state index contributed by atoms with van der Waals surface area (Å²) in [7, 11) is 0. The van der Waals surface area contributed by atoms with E-state index >= 15 is 0 Å². The molecule has 1 unspecified atom stereocenters. The molecule has 1 heterocycles. The van der Waals surface area contributed by atoms with Gasteiger partial charge in [-0.1, -0.05) is 0 Å². The Hall–Kier alpha value is -0.120. The van der Waals surface area contributed by atoms with Crippen LogP contribution in [0.4, 0.5) is 0 Å². The molecule has 0 aliphatic carbocycles. The molecule has 0 aromatic carbocycles. The molecule has 0 aromatic rings. The molecule has 3 heteroatoms. The minimum atomic E-state index is 0.214. The highest BCUT2D eigenvalue weighted by Crippen LogP contribution is 2.11. The van der Waals surface area contributed by atoms with Crippen LogP contribution >= 0.6 is 0 Å². The van der Waals surface area contributed by atoms with Gasteiger partial charge >= 0.3 is 0 Å². The summed E-state index contributed by atoms with van der Waals surface area (Å²) in [5.41, 5.74) is 0. The van der Waals surface area contributed by atoms with Crippen LogP contribution in [0, 0.1) is 0 Å². The summed E-state index contributed by atoms with van der Waals surface area (Å²) < 4.78 is 10.6. The zero-order valence-corrected chi connectivity index (χ0v) is 6.79. The number of hydrogen-bond acceptors (Lipinski definition) is 3. The summed E-state index contributed by atoms with van der Waals surface area (Å²) in [6.07, 6.45) is 3.33. The molecule has 1 aliphatic rings. The van der Waals surface area contributed by atoms with Crippen LogP contribution in [0.2, 0.25) is 0 Å². The fourth-order valence-corrected chi connectivity index (χ4v) is 1.16. The number of hydrogen-bond donors (Lipinski definition) is 1. The minimum absolute atomic E-state index is 0.214. The predicted molar refractivity (Wildman–Crippen MR) is 41.5 cm³/mol. The van der Waals surface area contributed by atoms with Crippen LogP contribution in [-0.4, -0.2) is 37.6 Å².